The molecule has 134 valence electrons. The minimum Gasteiger partial charge on any atom is -0.491 e. The first-order chi connectivity index (χ1) is 12.0. The van der Waals surface area contributed by atoms with Crippen molar-refractivity contribution in [3.05, 3.63) is 47.9 Å². The lowest BCUT2D eigenvalue weighted by atomic mass is 10.0. The van der Waals surface area contributed by atoms with Gasteiger partial charge in [0, 0.05) is 12.6 Å². The lowest BCUT2D eigenvalue weighted by Crippen LogP contribution is -2.56. The van der Waals surface area contributed by atoms with Gasteiger partial charge in [-0.3, -0.25) is 4.79 Å². The number of aliphatic hydroxyl groups is 1. The second-order valence-electron chi connectivity index (χ2n) is 6.65. The van der Waals surface area contributed by atoms with E-state index < -0.39 is 5.60 Å². The topological polar surface area (TPSA) is 85.0 Å². The highest BCUT2D eigenvalue weighted by Gasteiger charge is 2.37. The average molecular weight is 346 g/mol. The zero-order chi connectivity index (χ0) is 17.9. The third-order valence-corrected chi connectivity index (χ3v) is 3.88. The van der Waals surface area contributed by atoms with Crippen molar-refractivity contribution in [2.24, 2.45) is 0 Å². The van der Waals surface area contributed by atoms with Gasteiger partial charge in [0.15, 0.2) is 11.5 Å². The number of nitrogens with zero attached hydrogens (tertiary/aromatic N) is 2. The van der Waals surface area contributed by atoms with Crippen LogP contribution in [0.2, 0.25) is 0 Å². The number of para-hydroxylation sites is 1. The van der Waals surface area contributed by atoms with E-state index in [9.17, 15) is 4.79 Å². The zero-order valence-electron chi connectivity index (χ0n) is 14.3. The number of carbonyl (C=O) groups is 1. The molecule has 0 unspecified atom stereocenters. The molecule has 1 amide bonds. The summed E-state index contributed by atoms with van der Waals surface area (Å²) in [5.41, 5.74) is -0.313. The van der Waals surface area contributed by atoms with E-state index >= 15 is 0 Å². The third-order valence-electron chi connectivity index (χ3n) is 3.88. The maximum absolute atomic E-state index is 12.7. The Balaban J connectivity index is 1.66. The largest absolute Gasteiger partial charge is 0.491 e. The minimum atomic E-state index is -0.498. The van der Waals surface area contributed by atoms with Gasteiger partial charge in [-0.15, -0.1) is 0 Å². The van der Waals surface area contributed by atoms with Crippen molar-refractivity contribution < 1.29 is 23.9 Å². The van der Waals surface area contributed by atoms with Crippen molar-refractivity contribution in [1.29, 1.82) is 0 Å². The molecule has 25 heavy (non-hydrogen) atoms. The van der Waals surface area contributed by atoms with Crippen LogP contribution in [-0.4, -0.2) is 52.5 Å². The van der Waals surface area contributed by atoms with E-state index in [-0.39, 0.29) is 30.1 Å². The summed E-state index contributed by atoms with van der Waals surface area (Å²) < 4.78 is 16.7. The summed E-state index contributed by atoms with van der Waals surface area (Å²) in [6.45, 7) is 4.76. The van der Waals surface area contributed by atoms with Gasteiger partial charge in [-0.1, -0.05) is 23.4 Å². The molecular formula is C18H22N2O5. The zero-order valence-corrected chi connectivity index (χ0v) is 14.3. The van der Waals surface area contributed by atoms with E-state index in [0.717, 1.165) is 5.75 Å². The van der Waals surface area contributed by atoms with Crippen LogP contribution in [0.1, 0.15) is 30.1 Å². The SMILES string of the molecule is CC1(C)CN(C(=O)c2cc(CO)on2)C[C@H](COc2ccccc2)O1. The molecule has 0 saturated carbocycles. The van der Waals surface area contributed by atoms with Crippen LogP contribution >= 0.6 is 0 Å². The monoisotopic (exact) mass is 346 g/mol. The van der Waals surface area contributed by atoms with Crippen molar-refractivity contribution in [3.8, 4) is 5.75 Å². The summed E-state index contributed by atoms with van der Waals surface area (Å²) in [7, 11) is 0. The van der Waals surface area contributed by atoms with Crippen LogP contribution in [0, 0.1) is 0 Å². The summed E-state index contributed by atoms with van der Waals surface area (Å²) in [4.78, 5) is 14.3. The Morgan fingerprint density at radius 2 is 2.16 bits per heavy atom. The molecule has 2 aromatic rings. The highest BCUT2D eigenvalue weighted by atomic mass is 16.6. The Labute approximate surface area is 146 Å². The van der Waals surface area contributed by atoms with Gasteiger partial charge in [0.25, 0.3) is 5.91 Å². The van der Waals surface area contributed by atoms with Gasteiger partial charge < -0.3 is 24.0 Å². The summed E-state index contributed by atoms with van der Waals surface area (Å²) in [5, 5.41) is 12.8. The van der Waals surface area contributed by atoms with Crippen LogP contribution < -0.4 is 4.74 Å². The fraction of sp³-hybridized carbons (Fsp3) is 0.444. The number of carbonyl (C=O) groups excluding carboxylic acids is 1. The molecule has 0 spiro atoms. The Morgan fingerprint density at radius 1 is 1.40 bits per heavy atom. The van der Waals surface area contributed by atoms with E-state index in [1.165, 1.54) is 6.07 Å². The number of aliphatic hydroxyl groups excluding tert-OH is 1. The van der Waals surface area contributed by atoms with Gasteiger partial charge in [0.1, 0.15) is 25.1 Å². The number of amides is 1. The van der Waals surface area contributed by atoms with E-state index in [4.69, 9.17) is 19.1 Å². The summed E-state index contributed by atoms with van der Waals surface area (Å²) >= 11 is 0. The lowest BCUT2D eigenvalue weighted by Gasteiger charge is -2.42. The lowest BCUT2D eigenvalue weighted by molar-refractivity contribution is -0.136. The Bertz CT molecular complexity index is 713. The molecule has 1 saturated heterocycles. The Kier molecular flexibility index (Phi) is 5.06. The molecule has 0 aliphatic carbocycles. The molecule has 1 aliphatic heterocycles. The highest BCUT2D eigenvalue weighted by Crippen LogP contribution is 2.23. The van der Waals surface area contributed by atoms with Gasteiger partial charge in [-0.25, -0.2) is 0 Å². The quantitative estimate of drug-likeness (QED) is 0.890. The first-order valence-electron chi connectivity index (χ1n) is 8.18. The molecule has 1 aromatic carbocycles. The average Bonchev–Trinajstić information content (AvgIpc) is 3.08. The second-order valence-corrected chi connectivity index (χ2v) is 6.65. The van der Waals surface area contributed by atoms with Crippen LogP contribution in [-0.2, 0) is 11.3 Å². The second kappa shape index (κ2) is 7.25. The minimum absolute atomic E-state index is 0.185. The standard InChI is InChI=1S/C18H22N2O5/c1-18(2)12-20(17(22)16-8-14(10-21)25-19-16)9-15(24-18)11-23-13-6-4-3-5-7-13/h3-8,15,21H,9-12H2,1-2H3/t15-/m1/s1. The molecule has 1 N–H and O–H groups in total. The Hall–Kier alpha value is -2.38. The maximum atomic E-state index is 12.7. The molecule has 1 atom stereocenters. The molecule has 0 radical (unpaired) electrons. The number of morpholine rings is 1. The van der Waals surface area contributed by atoms with Gasteiger partial charge >= 0.3 is 0 Å². The number of ether oxygens (including phenoxy) is 2. The van der Waals surface area contributed by atoms with E-state index in [1.54, 1.807) is 4.90 Å². The number of rotatable bonds is 5. The van der Waals surface area contributed by atoms with Gasteiger partial charge in [-0.2, -0.15) is 0 Å². The van der Waals surface area contributed by atoms with Crippen LogP contribution in [0.25, 0.3) is 0 Å². The molecule has 1 fully saturated rings. The molecule has 3 rings (SSSR count). The van der Waals surface area contributed by atoms with Crippen molar-refractivity contribution in [1.82, 2.24) is 10.1 Å². The van der Waals surface area contributed by atoms with Gasteiger partial charge in [-0.05, 0) is 26.0 Å². The third kappa shape index (κ3) is 4.37. The molecular weight excluding hydrogens is 324 g/mol. The van der Waals surface area contributed by atoms with Crippen LogP contribution in [0.3, 0.4) is 0 Å². The molecule has 7 heteroatoms. The smallest absolute Gasteiger partial charge is 0.276 e. The normalized spacial score (nSPS) is 19.6. The van der Waals surface area contributed by atoms with E-state index in [1.807, 2.05) is 44.2 Å². The summed E-state index contributed by atoms with van der Waals surface area (Å²) in [6, 6.07) is 10.9. The van der Waals surface area contributed by atoms with Crippen molar-refractivity contribution >= 4 is 5.91 Å². The molecule has 0 bridgehead atoms. The molecule has 2 heterocycles. The first-order valence-corrected chi connectivity index (χ1v) is 8.18. The van der Waals surface area contributed by atoms with Crippen LogP contribution in [0.4, 0.5) is 0 Å². The highest BCUT2D eigenvalue weighted by molar-refractivity contribution is 5.92. The van der Waals surface area contributed by atoms with Crippen molar-refractivity contribution in [3.63, 3.8) is 0 Å². The van der Waals surface area contributed by atoms with Crippen LogP contribution in [0.5, 0.6) is 5.75 Å². The van der Waals surface area contributed by atoms with Crippen molar-refractivity contribution in [2.75, 3.05) is 19.7 Å². The summed E-state index contributed by atoms with van der Waals surface area (Å²) in [6.07, 6.45) is -0.253. The van der Waals surface area contributed by atoms with Gasteiger partial charge in [0.2, 0.25) is 0 Å². The van der Waals surface area contributed by atoms with E-state index in [0.29, 0.717) is 19.7 Å². The molecule has 7 nitrogen and oxygen atoms in total. The Morgan fingerprint density at radius 3 is 2.84 bits per heavy atom. The van der Waals surface area contributed by atoms with Crippen LogP contribution in [0.15, 0.2) is 40.9 Å². The molecule has 1 aromatic heterocycles. The number of hydrogen-bond acceptors (Lipinski definition) is 6. The fourth-order valence-corrected chi connectivity index (χ4v) is 2.89. The predicted molar refractivity (Wildman–Crippen MR) is 89.2 cm³/mol. The fourth-order valence-electron chi connectivity index (χ4n) is 2.89. The van der Waals surface area contributed by atoms with Gasteiger partial charge in [0.05, 0.1) is 12.1 Å². The number of benzene rings is 1. The maximum Gasteiger partial charge on any atom is 0.276 e. The predicted octanol–water partition coefficient (Wildman–Crippen LogP) is 1.87. The summed E-state index contributed by atoms with van der Waals surface area (Å²) in [5.74, 6) is 0.779. The van der Waals surface area contributed by atoms with E-state index in [2.05, 4.69) is 5.16 Å². The number of aromatic nitrogens is 1. The first kappa shape index (κ1) is 17.4. The molecule has 1 aliphatic rings. The van der Waals surface area contributed by atoms with Crippen molar-refractivity contribution in [2.45, 2.75) is 32.2 Å². The number of hydrogen-bond donors (Lipinski definition) is 1.